The first-order chi connectivity index (χ1) is 15.0. The van der Waals surface area contributed by atoms with Crippen LogP contribution in [0.2, 0.25) is 0 Å². The van der Waals surface area contributed by atoms with Crippen LogP contribution in [-0.2, 0) is 22.6 Å². The number of hydrogen-bond donors (Lipinski definition) is 1. The minimum atomic E-state index is -0.649. The molecule has 0 aliphatic heterocycles. The fourth-order valence-electron chi connectivity index (χ4n) is 3.00. The van der Waals surface area contributed by atoms with Crippen molar-refractivity contribution in [3.05, 3.63) is 58.4 Å². The molecule has 0 fully saturated rings. The van der Waals surface area contributed by atoms with Crippen molar-refractivity contribution in [1.29, 1.82) is 0 Å². The third kappa shape index (κ3) is 4.26. The molecule has 0 saturated heterocycles. The van der Waals surface area contributed by atoms with E-state index in [1.54, 1.807) is 43.1 Å². The van der Waals surface area contributed by atoms with E-state index in [1.165, 1.54) is 6.07 Å². The van der Waals surface area contributed by atoms with Crippen molar-refractivity contribution in [2.24, 2.45) is 0 Å². The quantitative estimate of drug-likeness (QED) is 0.429. The molecule has 160 valence electrons. The summed E-state index contributed by atoms with van der Waals surface area (Å²) in [5.74, 6) is -0.0215. The number of fused-ring (bicyclic) bond motifs is 1. The number of nitrogens with two attached hydrogens (primary N) is 1. The monoisotopic (exact) mass is 441 g/mol. The van der Waals surface area contributed by atoms with E-state index in [9.17, 15) is 9.59 Å². The highest BCUT2D eigenvalue weighted by molar-refractivity contribution is 7.20. The number of carbonyl (C=O) groups excluding carboxylic acids is 2. The second-order valence-corrected chi connectivity index (χ2v) is 7.53. The van der Waals surface area contributed by atoms with Crippen LogP contribution in [-0.4, -0.2) is 38.3 Å². The summed E-state index contributed by atoms with van der Waals surface area (Å²) in [5.41, 5.74) is 6.73. The van der Waals surface area contributed by atoms with Gasteiger partial charge in [0.25, 0.3) is 0 Å². The Morgan fingerprint density at radius 3 is 2.81 bits per heavy atom. The highest BCUT2D eigenvalue weighted by Gasteiger charge is 2.21. The van der Waals surface area contributed by atoms with Gasteiger partial charge in [0.2, 0.25) is 5.76 Å². The van der Waals surface area contributed by atoms with Crippen LogP contribution in [0.4, 0.5) is 5.82 Å². The molecule has 4 aromatic heterocycles. The summed E-state index contributed by atoms with van der Waals surface area (Å²) in [6.45, 7) is 3.98. The summed E-state index contributed by atoms with van der Waals surface area (Å²) in [5, 5.41) is 4.68. The minimum Gasteiger partial charge on any atom is -0.462 e. The summed E-state index contributed by atoms with van der Waals surface area (Å²) in [4.78, 5) is 34.0. The van der Waals surface area contributed by atoms with Gasteiger partial charge >= 0.3 is 11.9 Å². The number of aryl methyl sites for hydroxylation is 1. The lowest BCUT2D eigenvalue weighted by atomic mass is 10.2. The van der Waals surface area contributed by atoms with Crippen LogP contribution in [0.1, 0.15) is 44.3 Å². The van der Waals surface area contributed by atoms with E-state index in [4.69, 9.17) is 19.6 Å². The molecule has 0 amide bonds. The Labute approximate surface area is 180 Å². The smallest absolute Gasteiger partial charge is 0.374 e. The third-order valence-corrected chi connectivity index (χ3v) is 5.56. The van der Waals surface area contributed by atoms with Gasteiger partial charge in [-0.05, 0) is 37.6 Å². The molecule has 4 heterocycles. The van der Waals surface area contributed by atoms with Gasteiger partial charge in [-0.3, -0.25) is 4.68 Å². The first-order valence-electron chi connectivity index (χ1n) is 9.42. The summed E-state index contributed by atoms with van der Waals surface area (Å²) in [6.07, 6.45) is 3.45. The molecular formula is C20H19N5O5S. The Balaban J connectivity index is 1.47. The lowest BCUT2D eigenvalue weighted by Gasteiger charge is -2.04. The van der Waals surface area contributed by atoms with E-state index in [1.807, 2.05) is 0 Å². The number of thiophene rings is 1. The largest absolute Gasteiger partial charge is 0.462 e. The molecular weight excluding hydrogens is 422 g/mol. The number of aromatic nitrogens is 4. The normalized spacial score (nSPS) is 11.0. The molecule has 0 aliphatic rings. The predicted octanol–water partition coefficient (Wildman–Crippen LogP) is 2.95. The van der Waals surface area contributed by atoms with Gasteiger partial charge in [0.05, 0.1) is 18.5 Å². The molecule has 31 heavy (non-hydrogen) atoms. The van der Waals surface area contributed by atoms with Crippen LogP contribution in [0.5, 0.6) is 0 Å². The summed E-state index contributed by atoms with van der Waals surface area (Å²) < 4.78 is 17.5. The highest BCUT2D eigenvalue weighted by Crippen LogP contribution is 2.33. The van der Waals surface area contributed by atoms with Gasteiger partial charge < -0.3 is 19.6 Å². The highest BCUT2D eigenvalue weighted by atomic mass is 32.1. The lowest BCUT2D eigenvalue weighted by Crippen LogP contribution is -2.08. The molecule has 11 heteroatoms. The molecule has 2 N–H and O–H groups in total. The van der Waals surface area contributed by atoms with Crippen LogP contribution >= 0.6 is 11.3 Å². The molecule has 10 nitrogen and oxygen atoms in total. The second kappa shape index (κ2) is 8.56. The Kier molecular flexibility index (Phi) is 5.67. The number of carbonyl (C=O) groups is 2. The zero-order chi connectivity index (χ0) is 22.0. The van der Waals surface area contributed by atoms with Crippen molar-refractivity contribution in [2.75, 3.05) is 12.3 Å². The topological polar surface area (TPSA) is 135 Å². The van der Waals surface area contributed by atoms with Crippen molar-refractivity contribution in [3.63, 3.8) is 0 Å². The van der Waals surface area contributed by atoms with E-state index in [0.29, 0.717) is 33.0 Å². The number of ether oxygens (including phenoxy) is 2. The lowest BCUT2D eigenvalue weighted by molar-refractivity contribution is 0.0423. The van der Waals surface area contributed by atoms with Gasteiger partial charge in [0.15, 0.2) is 12.4 Å². The van der Waals surface area contributed by atoms with Gasteiger partial charge in [-0.25, -0.2) is 19.6 Å². The SMILES string of the molecule is CCOC(=O)c1sc2nc(COC(=O)c3ccc(Cn4cccn4)o3)nc(N)c2c1C. The minimum absolute atomic E-state index is 0.0628. The molecule has 0 saturated carbocycles. The molecule has 0 bridgehead atoms. The number of nitrogens with zero attached hydrogens (tertiary/aromatic N) is 4. The van der Waals surface area contributed by atoms with Crippen LogP contribution in [0.15, 0.2) is 35.0 Å². The van der Waals surface area contributed by atoms with Gasteiger partial charge in [-0.1, -0.05) is 0 Å². The number of esters is 2. The van der Waals surface area contributed by atoms with E-state index >= 15 is 0 Å². The molecule has 0 spiro atoms. The first-order valence-corrected chi connectivity index (χ1v) is 10.2. The number of furan rings is 1. The number of anilines is 1. The van der Waals surface area contributed by atoms with Crippen molar-refractivity contribution in [1.82, 2.24) is 19.7 Å². The first kappa shape index (κ1) is 20.5. The van der Waals surface area contributed by atoms with Crippen LogP contribution < -0.4 is 5.73 Å². The fraction of sp³-hybridized carbons (Fsp3) is 0.250. The maximum atomic E-state index is 12.3. The third-order valence-electron chi connectivity index (χ3n) is 4.40. The molecule has 0 aromatic carbocycles. The summed E-state index contributed by atoms with van der Waals surface area (Å²) >= 11 is 1.16. The van der Waals surface area contributed by atoms with Gasteiger partial charge in [-0.15, -0.1) is 11.3 Å². The average Bonchev–Trinajstić information content (AvgIpc) is 3.48. The van der Waals surface area contributed by atoms with Crippen molar-refractivity contribution >= 4 is 39.3 Å². The van der Waals surface area contributed by atoms with Crippen molar-refractivity contribution < 1.29 is 23.5 Å². The molecule has 0 atom stereocenters. The van der Waals surface area contributed by atoms with E-state index in [2.05, 4.69) is 15.1 Å². The van der Waals surface area contributed by atoms with E-state index in [-0.39, 0.29) is 30.6 Å². The zero-order valence-electron chi connectivity index (χ0n) is 16.8. The second-order valence-electron chi connectivity index (χ2n) is 6.53. The van der Waals surface area contributed by atoms with Gasteiger partial charge in [-0.2, -0.15) is 5.10 Å². The molecule has 0 radical (unpaired) electrons. The summed E-state index contributed by atoms with van der Waals surface area (Å²) in [7, 11) is 0. The maximum absolute atomic E-state index is 12.3. The number of rotatable bonds is 7. The van der Waals surface area contributed by atoms with Crippen molar-refractivity contribution in [2.45, 2.75) is 27.0 Å². The predicted molar refractivity (Wildman–Crippen MR) is 112 cm³/mol. The summed E-state index contributed by atoms with van der Waals surface area (Å²) in [6, 6.07) is 5.02. The van der Waals surface area contributed by atoms with E-state index < -0.39 is 11.9 Å². The Hall–Kier alpha value is -3.73. The van der Waals surface area contributed by atoms with Gasteiger partial charge in [0.1, 0.15) is 21.3 Å². The van der Waals surface area contributed by atoms with E-state index in [0.717, 1.165) is 11.3 Å². The van der Waals surface area contributed by atoms with Crippen LogP contribution in [0.3, 0.4) is 0 Å². The Morgan fingerprint density at radius 1 is 1.23 bits per heavy atom. The average molecular weight is 441 g/mol. The number of hydrogen-bond acceptors (Lipinski definition) is 10. The molecule has 0 aliphatic carbocycles. The van der Waals surface area contributed by atoms with Crippen LogP contribution in [0.25, 0.3) is 10.2 Å². The fourth-order valence-corrected chi connectivity index (χ4v) is 4.10. The Bertz CT molecular complexity index is 1240. The molecule has 4 aromatic rings. The Morgan fingerprint density at radius 2 is 2.06 bits per heavy atom. The number of nitrogen functional groups attached to an aromatic ring is 1. The maximum Gasteiger partial charge on any atom is 0.374 e. The standard InChI is InChI=1S/C20H19N5O5S/c1-3-28-20(27)16-11(2)15-17(21)23-14(24-18(15)31-16)10-29-19(26)13-6-5-12(30-13)9-25-8-4-7-22-25/h4-8H,3,9-10H2,1-2H3,(H2,21,23,24). The zero-order valence-corrected chi connectivity index (χ0v) is 17.6. The molecule has 0 unspecified atom stereocenters. The van der Waals surface area contributed by atoms with Gasteiger partial charge in [0, 0.05) is 12.4 Å². The molecule has 4 rings (SSSR count). The van der Waals surface area contributed by atoms with Crippen LogP contribution in [0, 0.1) is 6.92 Å². The van der Waals surface area contributed by atoms with Crippen molar-refractivity contribution in [3.8, 4) is 0 Å².